The lowest BCUT2D eigenvalue weighted by Gasteiger charge is -2.21. The fraction of sp³-hybridized carbons (Fsp3) is 0.200. The molecule has 0 saturated heterocycles. The number of carbonyl (C=O) groups is 1. The molecule has 0 bridgehead atoms. The molecule has 1 heterocycles. The number of ether oxygens (including phenoxy) is 1. The van der Waals surface area contributed by atoms with Gasteiger partial charge >= 0.3 is 5.97 Å². The average Bonchev–Trinajstić information content (AvgIpc) is 2.46. The minimum Gasteiger partial charge on any atom is -0.465 e. The zero-order chi connectivity index (χ0) is 14.5. The zero-order valence-electron chi connectivity index (χ0n) is 11.3. The van der Waals surface area contributed by atoms with E-state index in [0.717, 1.165) is 11.4 Å². The summed E-state index contributed by atoms with van der Waals surface area (Å²) in [4.78, 5) is 18.0. The molecule has 0 spiro atoms. The summed E-state index contributed by atoms with van der Waals surface area (Å²) in [5.74, 6) is -0.355. The fourth-order valence-electron chi connectivity index (χ4n) is 1.95. The van der Waals surface area contributed by atoms with Gasteiger partial charge < -0.3 is 9.64 Å². The fourth-order valence-corrected chi connectivity index (χ4v) is 2.13. The summed E-state index contributed by atoms with van der Waals surface area (Å²) in [6, 6.07) is 10.8. The minimum atomic E-state index is -0.355. The standard InChI is InChI=1S/C15H15ClN2O2/c1-18(10-12-9-11(16)7-8-17-12)14-6-4-3-5-13(14)15(19)20-2/h3-9H,10H2,1-2H3. The van der Waals surface area contributed by atoms with Crippen molar-refractivity contribution < 1.29 is 9.53 Å². The average molecular weight is 291 g/mol. The lowest BCUT2D eigenvalue weighted by molar-refractivity contribution is 0.0601. The van der Waals surface area contributed by atoms with E-state index in [-0.39, 0.29) is 5.97 Å². The summed E-state index contributed by atoms with van der Waals surface area (Å²) in [7, 11) is 3.27. The number of para-hydroxylation sites is 1. The predicted octanol–water partition coefficient (Wildman–Crippen LogP) is 3.16. The quantitative estimate of drug-likeness (QED) is 0.811. The van der Waals surface area contributed by atoms with Crippen molar-refractivity contribution in [3.05, 3.63) is 58.9 Å². The van der Waals surface area contributed by atoms with Gasteiger partial charge in [-0.1, -0.05) is 23.7 Å². The number of pyridine rings is 1. The molecule has 20 heavy (non-hydrogen) atoms. The van der Waals surface area contributed by atoms with Crippen LogP contribution in [0.2, 0.25) is 5.02 Å². The first-order valence-corrected chi connectivity index (χ1v) is 6.48. The van der Waals surface area contributed by atoms with Gasteiger partial charge in [0, 0.05) is 18.3 Å². The summed E-state index contributed by atoms with van der Waals surface area (Å²) < 4.78 is 4.79. The highest BCUT2D eigenvalue weighted by atomic mass is 35.5. The molecule has 0 atom stereocenters. The summed E-state index contributed by atoms with van der Waals surface area (Å²) in [5, 5.41) is 0.643. The number of halogens is 1. The van der Waals surface area contributed by atoms with E-state index in [9.17, 15) is 4.79 Å². The van der Waals surface area contributed by atoms with Crippen LogP contribution in [-0.2, 0) is 11.3 Å². The number of carbonyl (C=O) groups excluding carboxylic acids is 1. The van der Waals surface area contributed by atoms with E-state index >= 15 is 0 Å². The van der Waals surface area contributed by atoms with Gasteiger partial charge in [-0.2, -0.15) is 0 Å². The molecule has 0 unspecified atom stereocenters. The molecule has 4 nitrogen and oxygen atoms in total. The van der Waals surface area contributed by atoms with Gasteiger partial charge in [0.05, 0.1) is 30.6 Å². The molecular weight excluding hydrogens is 276 g/mol. The Morgan fingerprint density at radius 2 is 2.10 bits per heavy atom. The van der Waals surface area contributed by atoms with Crippen molar-refractivity contribution in [2.24, 2.45) is 0 Å². The summed E-state index contributed by atoms with van der Waals surface area (Å²) in [6.45, 7) is 0.550. The van der Waals surface area contributed by atoms with E-state index in [1.54, 1.807) is 30.5 Å². The SMILES string of the molecule is COC(=O)c1ccccc1N(C)Cc1cc(Cl)ccn1. The van der Waals surface area contributed by atoms with Gasteiger partial charge in [0.15, 0.2) is 0 Å². The van der Waals surface area contributed by atoms with Crippen molar-refractivity contribution in [3.63, 3.8) is 0 Å². The number of benzene rings is 1. The van der Waals surface area contributed by atoms with E-state index in [1.165, 1.54) is 7.11 Å². The van der Waals surface area contributed by atoms with Crippen LogP contribution in [-0.4, -0.2) is 25.1 Å². The number of esters is 1. The number of hydrogen-bond donors (Lipinski definition) is 0. The third-order valence-corrected chi connectivity index (χ3v) is 3.13. The Morgan fingerprint density at radius 3 is 2.80 bits per heavy atom. The lowest BCUT2D eigenvalue weighted by atomic mass is 10.1. The third-order valence-electron chi connectivity index (χ3n) is 2.90. The molecular formula is C15H15ClN2O2. The van der Waals surface area contributed by atoms with Crippen LogP contribution in [0.25, 0.3) is 0 Å². The van der Waals surface area contributed by atoms with Crippen molar-refractivity contribution in [1.29, 1.82) is 0 Å². The Balaban J connectivity index is 2.25. The van der Waals surface area contributed by atoms with Gasteiger partial charge in [-0.15, -0.1) is 0 Å². The second-order valence-electron chi connectivity index (χ2n) is 4.33. The lowest BCUT2D eigenvalue weighted by Crippen LogP contribution is -2.20. The first-order valence-electron chi connectivity index (χ1n) is 6.10. The Hall–Kier alpha value is -2.07. The molecule has 0 aliphatic rings. The van der Waals surface area contributed by atoms with Gasteiger partial charge in [0.2, 0.25) is 0 Å². The van der Waals surface area contributed by atoms with Gasteiger partial charge in [0.25, 0.3) is 0 Å². The molecule has 104 valence electrons. The van der Waals surface area contributed by atoms with Gasteiger partial charge in [-0.05, 0) is 24.3 Å². The molecule has 0 radical (unpaired) electrons. The number of methoxy groups -OCH3 is 1. The second kappa shape index (κ2) is 6.39. The van der Waals surface area contributed by atoms with Crippen LogP contribution in [0.15, 0.2) is 42.6 Å². The summed E-state index contributed by atoms with van der Waals surface area (Å²) >= 11 is 5.95. The van der Waals surface area contributed by atoms with Crippen LogP contribution in [0.4, 0.5) is 5.69 Å². The molecule has 1 aromatic heterocycles. The van der Waals surface area contributed by atoms with Crippen molar-refractivity contribution in [2.45, 2.75) is 6.54 Å². The van der Waals surface area contributed by atoms with E-state index in [4.69, 9.17) is 16.3 Å². The van der Waals surface area contributed by atoms with Crippen LogP contribution in [0.3, 0.4) is 0 Å². The van der Waals surface area contributed by atoms with E-state index in [2.05, 4.69) is 4.98 Å². The summed E-state index contributed by atoms with van der Waals surface area (Å²) in [6.07, 6.45) is 1.66. The van der Waals surface area contributed by atoms with Crippen LogP contribution < -0.4 is 4.90 Å². The Morgan fingerprint density at radius 1 is 1.35 bits per heavy atom. The Bertz CT molecular complexity index is 616. The Kier molecular flexibility index (Phi) is 4.58. The first kappa shape index (κ1) is 14.3. The second-order valence-corrected chi connectivity index (χ2v) is 4.77. The molecule has 0 aliphatic carbocycles. The van der Waals surface area contributed by atoms with Gasteiger partial charge in [0.1, 0.15) is 0 Å². The molecule has 5 heteroatoms. The van der Waals surface area contributed by atoms with Crippen LogP contribution in [0.1, 0.15) is 16.1 Å². The topological polar surface area (TPSA) is 42.4 Å². The van der Waals surface area contributed by atoms with Crippen molar-refractivity contribution in [2.75, 3.05) is 19.1 Å². The molecule has 0 N–H and O–H groups in total. The van der Waals surface area contributed by atoms with Gasteiger partial charge in [-0.3, -0.25) is 4.98 Å². The number of anilines is 1. The number of hydrogen-bond acceptors (Lipinski definition) is 4. The van der Waals surface area contributed by atoms with E-state index in [1.807, 2.05) is 24.1 Å². The molecule has 2 aromatic rings. The molecule has 0 fully saturated rings. The molecule has 2 rings (SSSR count). The maximum Gasteiger partial charge on any atom is 0.339 e. The highest BCUT2D eigenvalue weighted by Crippen LogP contribution is 2.22. The van der Waals surface area contributed by atoms with E-state index in [0.29, 0.717) is 17.1 Å². The largest absolute Gasteiger partial charge is 0.465 e. The van der Waals surface area contributed by atoms with Crippen LogP contribution in [0.5, 0.6) is 0 Å². The van der Waals surface area contributed by atoms with Crippen molar-refractivity contribution in [1.82, 2.24) is 4.98 Å². The van der Waals surface area contributed by atoms with Crippen LogP contribution in [0, 0.1) is 0 Å². The Labute approximate surface area is 123 Å². The molecule has 0 amide bonds. The predicted molar refractivity (Wildman–Crippen MR) is 79.1 cm³/mol. The van der Waals surface area contributed by atoms with Crippen molar-refractivity contribution >= 4 is 23.3 Å². The monoisotopic (exact) mass is 290 g/mol. The maximum atomic E-state index is 11.8. The maximum absolute atomic E-state index is 11.8. The first-order chi connectivity index (χ1) is 9.61. The molecule has 0 saturated carbocycles. The normalized spacial score (nSPS) is 10.2. The highest BCUT2D eigenvalue weighted by molar-refractivity contribution is 6.30. The third kappa shape index (κ3) is 3.27. The smallest absolute Gasteiger partial charge is 0.339 e. The minimum absolute atomic E-state index is 0.355. The molecule has 0 aliphatic heterocycles. The highest BCUT2D eigenvalue weighted by Gasteiger charge is 2.14. The van der Waals surface area contributed by atoms with Crippen molar-refractivity contribution in [3.8, 4) is 0 Å². The number of rotatable bonds is 4. The zero-order valence-corrected chi connectivity index (χ0v) is 12.1. The number of aromatic nitrogens is 1. The number of nitrogens with zero attached hydrogens (tertiary/aromatic N) is 2. The van der Waals surface area contributed by atoms with Gasteiger partial charge in [-0.25, -0.2) is 4.79 Å². The van der Waals surface area contributed by atoms with E-state index < -0.39 is 0 Å². The molecule has 1 aromatic carbocycles. The summed E-state index contributed by atoms with van der Waals surface area (Å²) in [5.41, 5.74) is 2.15. The van der Waals surface area contributed by atoms with Crippen LogP contribution >= 0.6 is 11.6 Å².